The lowest BCUT2D eigenvalue weighted by atomic mass is 10.2. The van der Waals surface area contributed by atoms with Gasteiger partial charge in [-0.3, -0.25) is 4.79 Å². The molecule has 22 heavy (non-hydrogen) atoms. The molecule has 0 aliphatic carbocycles. The Morgan fingerprint density at radius 1 is 1.41 bits per heavy atom. The van der Waals surface area contributed by atoms with Gasteiger partial charge in [-0.15, -0.1) is 5.10 Å². The Labute approximate surface area is 127 Å². The molecule has 0 unspecified atom stereocenters. The molecule has 1 amide bonds. The fraction of sp³-hybridized carbons (Fsp3) is 0.357. The molecule has 2 heterocycles. The molecular weight excluding hydrogens is 282 g/mol. The lowest BCUT2D eigenvalue weighted by molar-refractivity contribution is -0.130. The van der Waals surface area contributed by atoms with Crippen molar-refractivity contribution in [2.45, 2.75) is 26.4 Å². The summed E-state index contributed by atoms with van der Waals surface area (Å²) >= 11 is 0. The van der Waals surface area contributed by atoms with Gasteiger partial charge in [-0.1, -0.05) is 12.1 Å². The number of nitrogens with zero attached hydrogens (tertiary/aromatic N) is 6. The molecule has 3 aromatic rings. The SMILES string of the molecule is Cc1cccc2[nH]c(CN(C)C(=O)CCn3cnnn3)nc12. The number of benzene rings is 1. The van der Waals surface area contributed by atoms with Crippen LogP contribution in [0.3, 0.4) is 0 Å². The Kier molecular flexibility index (Phi) is 3.82. The number of imidazole rings is 1. The maximum absolute atomic E-state index is 12.1. The third-order valence-electron chi connectivity index (χ3n) is 3.52. The van der Waals surface area contributed by atoms with Crippen molar-refractivity contribution in [3.05, 3.63) is 35.9 Å². The first kappa shape index (κ1) is 14.2. The molecule has 114 valence electrons. The number of nitrogens with one attached hydrogen (secondary N) is 1. The number of hydrogen-bond acceptors (Lipinski definition) is 5. The minimum atomic E-state index is 0.0210. The molecule has 2 aromatic heterocycles. The third kappa shape index (κ3) is 2.95. The zero-order valence-electron chi connectivity index (χ0n) is 12.5. The van der Waals surface area contributed by atoms with E-state index in [0.717, 1.165) is 22.4 Å². The molecule has 8 heteroatoms. The second-order valence-corrected chi connectivity index (χ2v) is 5.23. The highest BCUT2D eigenvalue weighted by Crippen LogP contribution is 2.16. The standard InChI is InChI=1S/C14H17N7O/c1-10-4-3-5-11-14(10)17-12(16-11)8-20(2)13(22)6-7-21-9-15-18-19-21/h3-5,9H,6-8H2,1-2H3,(H,16,17). The highest BCUT2D eigenvalue weighted by atomic mass is 16.2. The van der Waals surface area contributed by atoms with Gasteiger partial charge in [0, 0.05) is 13.5 Å². The summed E-state index contributed by atoms with van der Waals surface area (Å²) < 4.78 is 1.54. The smallest absolute Gasteiger partial charge is 0.224 e. The molecule has 0 bridgehead atoms. The van der Waals surface area contributed by atoms with Gasteiger partial charge in [0.2, 0.25) is 5.91 Å². The van der Waals surface area contributed by atoms with Crippen LogP contribution in [0.25, 0.3) is 11.0 Å². The molecule has 0 aliphatic rings. The van der Waals surface area contributed by atoms with E-state index in [1.165, 1.54) is 11.0 Å². The van der Waals surface area contributed by atoms with Gasteiger partial charge >= 0.3 is 0 Å². The van der Waals surface area contributed by atoms with Crippen molar-refractivity contribution in [2.75, 3.05) is 7.05 Å². The number of aromatic amines is 1. The zero-order chi connectivity index (χ0) is 15.5. The quantitative estimate of drug-likeness (QED) is 0.756. The number of carbonyl (C=O) groups is 1. The van der Waals surface area contributed by atoms with Crippen molar-refractivity contribution in [3.63, 3.8) is 0 Å². The second-order valence-electron chi connectivity index (χ2n) is 5.23. The van der Waals surface area contributed by atoms with Crippen molar-refractivity contribution in [2.24, 2.45) is 0 Å². The van der Waals surface area contributed by atoms with Gasteiger partial charge < -0.3 is 9.88 Å². The fourth-order valence-corrected chi connectivity index (χ4v) is 2.30. The summed E-state index contributed by atoms with van der Waals surface area (Å²) in [6, 6.07) is 5.99. The normalized spacial score (nSPS) is 11.0. The Balaban J connectivity index is 1.63. The monoisotopic (exact) mass is 299 g/mol. The number of tetrazole rings is 1. The van der Waals surface area contributed by atoms with E-state index in [4.69, 9.17) is 0 Å². The topological polar surface area (TPSA) is 92.6 Å². The Bertz CT molecular complexity index is 778. The number of para-hydroxylation sites is 1. The molecule has 0 radical (unpaired) electrons. The van der Waals surface area contributed by atoms with E-state index >= 15 is 0 Å². The molecule has 0 fully saturated rings. The van der Waals surface area contributed by atoms with Gasteiger partial charge in [-0.25, -0.2) is 9.67 Å². The van der Waals surface area contributed by atoms with Crippen LogP contribution in [0.2, 0.25) is 0 Å². The molecule has 0 saturated heterocycles. The lowest BCUT2D eigenvalue weighted by Gasteiger charge is -2.15. The van der Waals surface area contributed by atoms with Crippen LogP contribution in [0.5, 0.6) is 0 Å². The van der Waals surface area contributed by atoms with Crippen molar-refractivity contribution in [1.29, 1.82) is 0 Å². The molecular formula is C14H17N7O. The predicted octanol–water partition coefficient (Wildman–Crippen LogP) is 0.907. The minimum Gasteiger partial charge on any atom is -0.340 e. The van der Waals surface area contributed by atoms with Crippen LogP contribution in [0, 0.1) is 6.92 Å². The maximum atomic E-state index is 12.1. The van der Waals surface area contributed by atoms with Gasteiger partial charge in [-0.2, -0.15) is 0 Å². The summed E-state index contributed by atoms with van der Waals surface area (Å²) in [7, 11) is 1.77. The van der Waals surface area contributed by atoms with Crippen LogP contribution in [-0.2, 0) is 17.9 Å². The summed E-state index contributed by atoms with van der Waals surface area (Å²) in [6.45, 7) is 2.94. The number of carbonyl (C=O) groups excluding carboxylic acids is 1. The Morgan fingerprint density at radius 3 is 3.00 bits per heavy atom. The fourth-order valence-electron chi connectivity index (χ4n) is 2.30. The van der Waals surface area contributed by atoms with Crippen molar-refractivity contribution >= 4 is 16.9 Å². The second kappa shape index (κ2) is 5.92. The molecule has 1 N–H and O–H groups in total. The van der Waals surface area contributed by atoms with Crippen molar-refractivity contribution in [3.8, 4) is 0 Å². The van der Waals surface area contributed by atoms with Gasteiger partial charge in [0.05, 0.1) is 24.1 Å². The average Bonchev–Trinajstić information content (AvgIpc) is 3.14. The number of rotatable bonds is 5. The van der Waals surface area contributed by atoms with Crippen LogP contribution in [-0.4, -0.2) is 48.0 Å². The molecule has 3 rings (SSSR count). The number of amides is 1. The van der Waals surface area contributed by atoms with Crippen molar-refractivity contribution < 1.29 is 4.79 Å². The van der Waals surface area contributed by atoms with Crippen molar-refractivity contribution in [1.82, 2.24) is 35.1 Å². The first-order valence-electron chi connectivity index (χ1n) is 7.02. The number of aryl methyl sites for hydroxylation is 2. The van der Waals surface area contributed by atoms with E-state index in [-0.39, 0.29) is 5.91 Å². The molecule has 0 aliphatic heterocycles. The summed E-state index contributed by atoms with van der Waals surface area (Å²) in [5.41, 5.74) is 3.06. The zero-order valence-corrected chi connectivity index (χ0v) is 12.5. The first-order valence-corrected chi connectivity index (χ1v) is 7.02. The molecule has 0 spiro atoms. The maximum Gasteiger partial charge on any atom is 0.224 e. The minimum absolute atomic E-state index is 0.0210. The molecule has 0 saturated carbocycles. The van der Waals surface area contributed by atoms with Crippen LogP contribution in [0.4, 0.5) is 0 Å². The highest BCUT2D eigenvalue weighted by molar-refractivity contribution is 5.79. The van der Waals surface area contributed by atoms with E-state index in [2.05, 4.69) is 25.5 Å². The van der Waals surface area contributed by atoms with Crippen LogP contribution in [0.15, 0.2) is 24.5 Å². The van der Waals surface area contributed by atoms with E-state index in [1.54, 1.807) is 11.9 Å². The predicted molar refractivity (Wildman–Crippen MR) is 79.7 cm³/mol. The molecule has 1 aromatic carbocycles. The Morgan fingerprint density at radius 2 is 2.27 bits per heavy atom. The summed E-state index contributed by atoms with van der Waals surface area (Å²) in [6.07, 6.45) is 1.84. The van der Waals surface area contributed by atoms with Gasteiger partial charge in [0.15, 0.2) is 0 Å². The van der Waals surface area contributed by atoms with Gasteiger partial charge in [0.25, 0.3) is 0 Å². The average molecular weight is 299 g/mol. The highest BCUT2D eigenvalue weighted by Gasteiger charge is 2.12. The largest absolute Gasteiger partial charge is 0.340 e. The van der Waals surface area contributed by atoms with Crippen LogP contribution in [0.1, 0.15) is 17.8 Å². The van der Waals surface area contributed by atoms with E-state index < -0.39 is 0 Å². The number of fused-ring (bicyclic) bond motifs is 1. The van der Waals surface area contributed by atoms with E-state index in [9.17, 15) is 4.79 Å². The summed E-state index contributed by atoms with van der Waals surface area (Å²) in [5.74, 6) is 0.801. The Hall–Kier alpha value is -2.77. The van der Waals surface area contributed by atoms with E-state index in [0.29, 0.717) is 19.5 Å². The van der Waals surface area contributed by atoms with Crippen LogP contribution < -0.4 is 0 Å². The number of aromatic nitrogens is 6. The molecule has 0 atom stereocenters. The lowest BCUT2D eigenvalue weighted by Crippen LogP contribution is -2.27. The summed E-state index contributed by atoms with van der Waals surface area (Å²) in [4.78, 5) is 21.6. The molecule has 8 nitrogen and oxygen atoms in total. The number of hydrogen-bond donors (Lipinski definition) is 1. The van der Waals surface area contributed by atoms with Gasteiger partial charge in [-0.05, 0) is 29.0 Å². The van der Waals surface area contributed by atoms with Gasteiger partial charge in [0.1, 0.15) is 12.2 Å². The first-order chi connectivity index (χ1) is 10.6. The number of H-pyrrole nitrogens is 1. The van der Waals surface area contributed by atoms with E-state index in [1.807, 2.05) is 25.1 Å². The summed E-state index contributed by atoms with van der Waals surface area (Å²) in [5, 5.41) is 10.8. The third-order valence-corrected chi connectivity index (χ3v) is 3.52. The van der Waals surface area contributed by atoms with Crippen LogP contribution >= 0.6 is 0 Å².